The predicted molar refractivity (Wildman–Crippen MR) is 115 cm³/mol. The van der Waals surface area contributed by atoms with E-state index in [0.29, 0.717) is 43.2 Å². The third-order valence-corrected chi connectivity index (χ3v) is 5.24. The van der Waals surface area contributed by atoms with Gasteiger partial charge in [0.05, 0.1) is 19.9 Å². The SMILES string of the molecule is COc1ccc(C(=O)N2CCN(c3ccc(-c4ccccc4)nn3)CC2)cc1OC. The molecule has 1 aromatic heterocycles. The number of rotatable bonds is 5. The second-order valence-corrected chi connectivity index (χ2v) is 6.99. The first kappa shape index (κ1) is 19.7. The second-order valence-electron chi connectivity index (χ2n) is 6.99. The number of benzene rings is 2. The highest BCUT2D eigenvalue weighted by atomic mass is 16.5. The third kappa shape index (κ3) is 4.05. The summed E-state index contributed by atoms with van der Waals surface area (Å²) in [5.41, 5.74) is 2.48. The lowest BCUT2D eigenvalue weighted by Gasteiger charge is -2.35. The van der Waals surface area contributed by atoms with Crippen molar-refractivity contribution in [3.05, 3.63) is 66.2 Å². The van der Waals surface area contributed by atoms with Crippen molar-refractivity contribution in [3.8, 4) is 22.8 Å². The molecular weight excluding hydrogens is 380 g/mol. The summed E-state index contributed by atoms with van der Waals surface area (Å²) in [6, 6.07) is 19.2. The van der Waals surface area contributed by atoms with Crippen molar-refractivity contribution in [3.63, 3.8) is 0 Å². The fourth-order valence-electron chi connectivity index (χ4n) is 3.55. The molecule has 0 bridgehead atoms. The molecular formula is C23H24N4O3. The van der Waals surface area contributed by atoms with E-state index in [9.17, 15) is 4.79 Å². The van der Waals surface area contributed by atoms with Gasteiger partial charge in [-0.25, -0.2) is 0 Å². The number of methoxy groups -OCH3 is 2. The lowest BCUT2D eigenvalue weighted by Crippen LogP contribution is -2.49. The molecule has 7 nitrogen and oxygen atoms in total. The summed E-state index contributed by atoms with van der Waals surface area (Å²) in [7, 11) is 3.14. The maximum absolute atomic E-state index is 12.9. The summed E-state index contributed by atoms with van der Waals surface area (Å²) in [6.45, 7) is 2.65. The molecule has 2 aromatic carbocycles. The first-order chi connectivity index (χ1) is 14.7. The summed E-state index contributed by atoms with van der Waals surface area (Å²) < 4.78 is 10.6. The normalized spacial score (nSPS) is 13.8. The van der Waals surface area contributed by atoms with Crippen molar-refractivity contribution < 1.29 is 14.3 Å². The quantitative estimate of drug-likeness (QED) is 0.651. The minimum Gasteiger partial charge on any atom is -0.493 e. The summed E-state index contributed by atoms with van der Waals surface area (Å²) in [6.07, 6.45) is 0. The van der Waals surface area contributed by atoms with E-state index in [-0.39, 0.29) is 5.91 Å². The highest BCUT2D eigenvalue weighted by Gasteiger charge is 2.24. The van der Waals surface area contributed by atoms with Crippen LogP contribution in [0.3, 0.4) is 0 Å². The number of carbonyl (C=O) groups excluding carboxylic acids is 1. The van der Waals surface area contributed by atoms with Gasteiger partial charge in [0.15, 0.2) is 17.3 Å². The van der Waals surface area contributed by atoms with Crippen molar-refractivity contribution in [1.82, 2.24) is 15.1 Å². The van der Waals surface area contributed by atoms with Gasteiger partial charge in [0.2, 0.25) is 0 Å². The van der Waals surface area contributed by atoms with Gasteiger partial charge in [0.25, 0.3) is 5.91 Å². The number of hydrogen-bond acceptors (Lipinski definition) is 6. The zero-order valence-corrected chi connectivity index (χ0v) is 17.1. The van der Waals surface area contributed by atoms with Gasteiger partial charge >= 0.3 is 0 Å². The summed E-state index contributed by atoms with van der Waals surface area (Å²) in [5.74, 6) is 1.97. The number of amides is 1. The molecule has 0 radical (unpaired) electrons. The van der Waals surface area contributed by atoms with E-state index < -0.39 is 0 Å². The van der Waals surface area contributed by atoms with Crippen LogP contribution in [0, 0.1) is 0 Å². The topological polar surface area (TPSA) is 67.8 Å². The number of aromatic nitrogens is 2. The maximum atomic E-state index is 12.9. The molecule has 2 heterocycles. The largest absolute Gasteiger partial charge is 0.493 e. The lowest BCUT2D eigenvalue weighted by molar-refractivity contribution is 0.0746. The van der Waals surface area contributed by atoms with Crippen LogP contribution in [0.5, 0.6) is 11.5 Å². The Morgan fingerprint density at radius 2 is 1.57 bits per heavy atom. The number of nitrogens with zero attached hydrogens (tertiary/aromatic N) is 4. The average molecular weight is 404 g/mol. The maximum Gasteiger partial charge on any atom is 0.254 e. The van der Waals surface area contributed by atoms with Gasteiger partial charge in [-0.15, -0.1) is 10.2 Å². The van der Waals surface area contributed by atoms with Crippen LogP contribution in [0.1, 0.15) is 10.4 Å². The number of anilines is 1. The standard InChI is InChI=1S/C23H24N4O3/c1-29-20-10-8-18(16-21(20)30-2)23(28)27-14-12-26(13-15-27)22-11-9-19(24-25-22)17-6-4-3-5-7-17/h3-11,16H,12-15H2,1-2H3. The number of carbonyl (C=O) groups is 1. The molecule has 154 valence electrons. The molecule has 0 spiro atoms. The van der Waals surface area contributed by atoms with Crippen LogP contribution >= 0.6 is 0 Å². The smallest absolute Gasteiger partial charge is 0.254 e. The summed E-state index contributed by atoms with van der Waals surface area (Å²) >= 11 is 0. The Morgan fingerprint density at radius 1 is 0.833 bits per heavy atom. The molecule has 4 rings (SSSR count). The number of ether oxygens (including phenoxy) is 2. The number of piperazine rings is 1. The van der Waals surface area contributed by atoms with Gasteiger partial charge < -0.3 is 19.3 Å². The monoisotopic (exact) mass is 404 g/mol. The fourth-order valence-corrected chi connectivity index (χ4v) is 3.55. The fraction of sp³-hybridized carbons (Fsp3) is 0.261. The van der Waals surface area contributed by atoms with Gasteiger partial charge in [-0.05, 0) is 30.3 Å². The summed E-state index contributed by atoms with van der Waals surface area (Å²) in [4.78, 5) is 16.9. The Hall–Kier alpha value is -3.61. The Kier molecular flexibility index (Phi) is 5.79. The minimum atomic E-state index is -0.0129. The first-order valence-corrected chi connectivity index (χ1v) is 9.85. The Morgan fingerprint density at radius 3 is 2.20 bits per heavy atom. The van der Waals surface area contributed by atoms with Crippen molar-refractivity contribution in [2.24, 2.45) is 0 Å². The second kappa shape index (κ2) is 8.82. The molecule has 1 aliphatic rings. The van der Waals surface area contributed by atoms with E-state index in [4.69, 9.17) is 9.47 Å². The molecule has 0 saturated carbocycles. The molecule has 7 heteroatoms. The van der Waals surface area contributed by atoms with Crippen LogP contribution in [0.2, 0.25) is 0 Å². The molecule has 3 aromatic rings. The lowest BCUT2D eigenvalue weighted by atomic mass is 10.1. The Balaban J connectivity index is 1.39. The molecule has 0 aliphatic carbocycles. The highest BCUT2D eigenvalue weighted by molar-refractivity contribution is 5.95. The molecule has 0 N–H and O–H groups in total. The van der Waals surface area contributed by atoms with Crippen LogP contribution in [0.15, 0.2) is 60.7 Å². The minimum absolute atomic E-state index is 0.0129. The first-order valence-electron chi connectivity index (χ1n) is 9.85. The molecule has 1 fully saturated rings. The molecule has 30 heavy (non-hydrogen) atoms. The van der Waals surface area contributed by atoms with E-state index in [1.165, 1.54) is 0 Å². The van der Waals surface area contributed by atoms with E-state index in [1.54, 1.807) is 32.4 Å². The predicted octanol–water partition coefficient (Wildman–Crippen LogP) is 3.12. The highest BCUT2D eigenvalue weighted by Crippen LogP contribution is 2.28. The van der Waals surface area contributed by atoms with E-state index in [2.05, 4.69) is 15.1 Å². The Bertz CT molecular complexity index is 1000. The zero-order valence-electron chi connectivity index (χ0n) is 17.1. The van der Waals surface area contributed by atoms with Gasteiger partial charge in [-0.3, -0.25) is 4.79 Å². The van der Waals surface area contributed by atoms with E-state index in [0.717, 1.165) is 17.1 Å². The van der Waals surface area contributed by atoms with Crippen LogP contribution in [0.4, 0.5) is 5.82 Å². The molecule has 0 atom stereocenters. The van der Waals surface area contributed by atoms with Crippen molar-refractivity contribution in [1.29, 1.82) is 0 Å². The molecule has 0 unspecified atom stereocenters. The zero-order chi connectivity index (χ0) is 20.9. The Labute approximate surface area is 175 Å². The van der Waals surface area contributed by atoms with Crippen LogP contribution in [0.25, 0.3) is 11.3 Å². The molecule has 1 amide bonds. The average Bonchev–Trinajstić information content (AvgIpc) is 2.84. The molecule has 1 aliphatic heterocycles. The van der Waals surface area contributed by atoms with Crippen LogP contribution < -0.4 is 14.4 Å². The van der Waals surface area contributed by atoms with Gasteiger partial charge in [-0.2, -0.15) is 0 Å². The molecule has 1 saturated heterocycles. The van der Waals surface area contributed by atoms with Crippen LogP contribution in [-0.2, 0) is 0 Å². The van der Waals surface area contributed by atoms with Gasteiger partial charge in [-0.1, -0.05) is 30.3 Å². The van der Waals surface area contributed by atoms with Crippen LogP contribution in [-0.4, -0.2) is 61.4 Å². The van der Waals surface area contributed by atoms with Crippen molar-refractivity contribution >= 4 is 11.7 Å². The summed E-state index contributed by atoms with van der Waals surface area (Å²) in [5, 5.41) is 8.75. The third-order valence-electron chi connectivity index (χ3n) is 5.24. The van der Waals surface area contributed by atoms with Crippen molar-refractivity contribution in [2.75, 3.05) is 45.3 Å². The van der Waals surface area contributed by atoms with Crippen molar-refractivity contribution in [2.45, 2.75) is 0 Å². The van der Waals surface area contributed by atoms with E-state index >= 15 is 0 Å². The van der Waals surface area contributed by atoms with Gasteiger partial charge in [0, 0.05) is 37.3 Å². The van der Waals surface area contributed by atoms with Gasteiger partial charge in [0.1, 0.15) is 0 Å². The number of hydrogen-bond donors (Lipinski definition) is 0. The van der Waals surface area contributed by atoms with E-state index in [1.807, 2.05) is 47.4 Å².